The fourth-order valence-electron chi connectivity index (χ4n) is 12.0. The summed E-state index contributed by atoms with van der Waals surface area (Å²) in [6, 6.07) is 10.6. The number of pyridine rings is 1. The van der Waals surface area contributed by atoms with Gasteiger partial charge in [-0.3, -0.25) is 14.7 Å². The van der Waals surface area contributed by atoms with E-state index in [4.69, 9.17) is 14.2 Å². The van der Waals surface area contributed by atoms with Gasteiger partial charge in [0, 0.05) is 74.4 Å². The van der Waals surface area contributed by atoms with Gasteiger partial charge in [0.05, 0.1) is 29.1 Å². The first-order valence-electron chi connectivity index (χ1n) is 17.5. The number of piperidine rings is 1. The molecule has 5 aliphatic carbocycles. The average Bonchev–Trinajstić information content (AvgIpc) is 3.56. The van der Waals surface area contributed by atoms with Crippen LogP contribution in [0.1, 0.15) is 68.3 Å². The summed E-state index contributed by atoms with van der Waals surface area (Å²) < 4.78 is 19.1. The molecule has 10 heteroatoms. The molecule has 1 aromatic heterocycles. The largest absolute Gasteiger partial charge is 0.454 e. The zero-order valence-corrected chi connectivity index (χ0v) is 28.2. The highest BCUT2D eigenvalue weighted by molar-refractivity contribution is 6.09. The molecule has 1 aromatic carbocycles. The number of methoxy groups -OCH3 is 2. The molecule has 1 unspecified atom stereocenters. The van der Waals surface area contributed by atoms with Gasteiger partial charge in [0.2, 0.25) is 0 Å². The van der Waals surface area contributed by atoms with Crippen LogP contribution in [-0.4, -0.2) is 94.3 Å². The number of nitrogens with one attached hydrogen (secondary N) is 1. The number of aromatic nitrogens is 1. The van der Waals surface area contributed by atoms with E-state index in [1.165, 1.54) is 0 Å². The highest BCUT2D eigenvalue weighted by Gasteiger charge is 2.87. The molecule has 8 rings (SSSR count). The first-order valence-corrected chi connectivity index (χ1v) is 17.5. The van der Waals surface area contributed by atoms with Crippen LogP contribution in [0.2, 0.25) is 0 Å². The lowest BCUT2D eigenvalue weighted by Gasteiger charge is -2.70. The Morgan fingerprint density at radius 1 is 1.04 bits per heavy atom. The van der Waals surface area contributed by atoms with Crippen molar-refractivity contribution in [2.24, 2.45) is 29.1 Å². The van der Waals surface area contributed by atoms with Gasteiger partial charge in [0.25, 0.3) is 5.91 Å². The maximum atomic E-state index is 14.4. The summed E-state index contributed by atoms with van der Waals surface area (Å²) in [5.41, 5.74) is -1.86. The summed E-state index contributed by atoms with van der Waals surface area (Å²) in [5.74, 6) is -1.17. The van der Waals surface area contributed by atoms with Crippen LogP contribution in [0.5, 0.6) is 0 Å². The molecule has 3 N–H and O–H groups in total. The summed E-state index contributed by atoms with van der Waals surface area (Å²) in [5, 5.41) is 28.3. The standard InChI is InChI=1S/C38H47N3O7/c1-5-41-21-35(48-34(43)25-8-6-7-9-27(25)40-33(42)22(2)16-23-11-14-39-15-12-23)13-10-31(47-4)38-29(35)18-26(32(38)41)36(44)20-28(46-3)24-17-30(38)37(36,45)19-24/h6-9,11-12,14-16,24,26,28-32,44-45H,5,10,13,17-21H2,1-4H3,(H,40,42)/b22-16+/t24-,26+,28-,29+,30+,31-,32?,35+,36-,37+,38-/m0/s1. The molecule has 6 fully saturated rings. The fourth-order valence-corrected chi connectivity index (χ4v) is 12.0. The molecule has 1 amide bonds. The third-order valence-electron chi connectivity index (χ3n) is 13.7. The number of ether oxygens (including phenoxy) is 3. The number of esters is 1. The van der Waals surface area contributed by atoms with Crippen molar-refractivity contribution in [3.8, 4) is 0 Å². The lowest BCUT2D eigenvalue weighted by molar-refractivity contribution is -0.317. The topological polar surface area (TPSA) is 130 Å². The second-order valence-electron chi connectivity index (χ2n) is 15.3. The average molecular weight is 658 g/mol. The van der Waals surface area contributed by atoms with E-state index in [1.54, 1.807) is 63.9 Å². The zero-order chi connectivity index (χ0) is 33.6. The number of amides is 1. The first-order chi connectivity index (χ1) is 23.1. The highest BCUT2D eigenvalue weighted by Crippen LogP contribution is 2.79. The van der Waals surface area contributed by atoms with Crippen LogP contribution >= 0.6 is 0 Å². The lowest BCUT2D eigenvalue weighted by Crippen LogP contribution is -2.81. The Morgan fingerprint density at radius 2 is 1.81 bits per heavy atom. The molecule has 2 aromatic rings. The molecule has 10 nitrogen and oxygen atoms in total. The fraction of sp³-hybridized carbons (Fsp3) is 0.605. The monoisotopic (exact) mass is 657 g/mol. The molecule has 1 saturated heterocycles. The van der Waals surface area contributed by atoms with Gasteiger partial charge in [-0.2, -0.15) is 0 Å². The summed E-state index contributed by atoms with van der Waals surface area (Å²) in [6.07, 6.45) is 8.51. The first kappa shape index (κ1) is 32.1. The SMILES string of the molecule is CCN1C[C@]2(OC(=O)c3ccccc3NC(=O)/C(C)=C/c3ccncc3)CC[C@H](OC)[C@]34C1[C@@H](C[C@H]23)[C@@]1(O)C[C@H](OC)[C@H]2C[C@@H]4[C@]1(O)C2. The van der Waals surface area contributed by atoms with Gasteiger partial charge >= 0.3 is 5.97 Å². The number of fused-ring (bicyclic) bond motifs is 2. The Kier molecular flexibility index (Phi) is 7.47. The Balaban J connectivity index is 1.15. The van der Waals surface area contributed by atoms with Crippen LogP contribution in [0, 0.1) is 29.1 Å². The molecular weight excluding hydrogens is 610 g/mol. The van der Waals surface area contributed by atoms with Crippen LogP contribution < -0.4 is 5.32 Å². The molecule has 11 atom stereocenters. The summed E-state index contributed by atoms with van der Waals surface area (Å²) in [6.45, 7) is 5.14. The summed E-state index contributed by atoms with van der Waals surface area (Å²) in [7, 11) is 3.49. The second-order valence-corrected chi connectivity index (χ2v) is 15.3. The molecular formula is C38H47N3O7. The van der Waals surface area contributed by atoms with Gasteiger partial charge in [-0.05, 0) is 87.4 Å². The molecule has 1 aliphatic heterocycles. The Bertz CT molecular complexity index is 1650. The third kappa shape index (κ3) is 4.13. The minimum Gasteiger partial charge on any atom is -0.454 e. The minimum atomic E-state index is -1.30. The number of para-hydroxylation sites is 1. The van der Waals surface area contributed by atoms with E-state index < -0.39 is 28.2 Å². The van der Waals surface area contributed by atoms with E-state index in [9.17, 15) is 19.8 Å². The van der Waals surface area contributed by atoms with E-state index in [0.717, 1.165) is 18.5 Å². The van der Waals surface area contributed by atoms with Crippen LogP contribution in [0.15, 0.2) is 54.4 Å². The summed E-state index contributed by atoms with van der Waals surface area (Å²) >= 11 is 0. The summed E-state index contributed by atoms with van der Waals surface area (Å²) in [4.78, 5) is 34.1. The Morgan fingerprint density at radius 3 is 2.54 bits per heavy atom. The van der Waals surface area contributed by atoms with Gasteiger partial charge in [-0.1, -0.05) is 19.1 Å². The van der Waals surface area contributed by atoms with Crippen LogP contribution in [0.4, 0.5) is 5.69 Å². The number of rotatable bonds is 8. The van der Waals surface area contributed by atoms with Gasteiger partial charge in [0.1, 0.15) is 11.2 Å². The predicted octanol–water partition coefficient (Wildman–Crippen LogP) is 4.08. The molecule has 6 aliphatic rings. The van der Waals surface area contributed by atoms with E-state index in [-0.39, 0.29) is 47.8 Å². The number of carbonyl (C=O) groups is 2. The number of likely N-dealkylation sites (tertiary alicyclic amines) is 1. The molecule has 0 radical (unpaired) electrons. The third-order valence-corrected chi connectivity index (χ3v) is 13.7. The van der Waals surface area contributed by atoms with Gasteiger partial charge < -0.3 is 29.7 Å². The number of nitrogens with zero attached hydrogens (tertiary/aromatic N) is 2. The van der Waals surface area contributed by atoms with Crippen molar-refractivity contribution in [1.29, 1.82) is 0 Å². The zero-order valence-electron chi connectivity index (χ0n) is 28.2. The Labute approximate surface area is 281 Å². The molecule has 5 saturated carbocycles. The quantitative estimate of drug-likeness (QED) is 0.284. The number of hydrogen-bond acceptors (Lipinski definition) is 9. The molecule has 7 bridgehead atoms. The van der Waals surface area contributed by atoms with Crippen molar-refractivity contribution in [3.05, 3.63) is 65.5 Å². The smallest absolute Gasteiger partial charge is 0.340 e. The number of hydrogen-bond donors (Lipinski definition) is 3. The number of benzene rings is 1. The van der Waals surface area contributed by atoms with Gasteiger partial charge in [0.15, 0.2) is 0 Å². The van der Waals surface area contributed by atoms with Crippen LogP contribution in [0.3, 0.4) is 0 Å². The number of carbonyl (C=O) groups excluding carboxylic acids is 2. The molecule has 48 heavy (non-hydrogen) atoms. The van der Waals surface area contributed by atoms with Crippen molar-refractivity contribution in [2.75, 3.05) is 32.6 Å². The maximum absolute atomic E-state index is 14.4. The van der Waals surface area contributed by atoms with Crippen LogP contribution in [-0.2, 0) is 19.0 Å². The lowest BCUT2D eigenvalue weighted by atomic mass is 9.44. The normalized spacial score (nSPS) is 42.4. The molecule has 2 heterocycles. The van der Waals surface area contributed by atoms with Gasteiger partial charge in [-0.15, -0.1) is 0 Å². The molecule has 1 spiro atoms. The van der Waals surface area contributed by atoms with Crippen molar-refractivity contribution in [3.63, 3.8) is 0 Å². The van der Waals surface area contributed by atoms with E-state index >= 15 is 0 Å². The van der Waals surface area contributed by atoms with Crippen molar-refractivity contribution in [1.82, 2.24) is 9.88 Å². The van der Waals surface area contributed by atoms with E-state index in [1.807, 2.05) is 12.1 Å². The van der Waals surface area contributed by atoms with Gasteiger partial charge in [-0.25, -0.2) is 4.79 Å². The van der Waals surface area contributed by atoms with E-state index in [0.29, 0.717) is 55.5 Å². The predicted molar refractivity (Wildman–Crippen MR) is 178 cm³/mol. The Hall–Kier alpha value is -3.15. The van der Waals surface area contributed by atoms with E-state index in [2.05, 4.69) is 22.1 Å². The maximum Gasteiger partial charge on any atom is 0.340 e. The van der Waals surface area contributed by atoms with Crippen molar-refractivity contribution < 1.29 is 34.0 Å². The highest BCUT2D eigenvalue weighted by atomic mass is 16.6. The van der Waals surface area contributed by atoms with Crippen LogP contribution in [0.25, 0.3) is 6.08 Å². The number of aliphatic hydroxyl groups is 2. The number of likely N-dealkylation sites (N-methyl/N-ethyl adjacent to an activating group) is 1. The minimum absolute atomic E-state index is 0.00376. The van der Waals surface area contributed by atoms with Crippen molar-refractivity contribution in [2.45, 2.75) is 87.4 Å². The number of anilines is 1. The van der Waals surface area contributed by atoms with Crippen molar-refractivity contribution >= 4 is 23.6 Å². The second kappa shape index (κ2) is 11.2. The molecule has 256 valence electrons.